The van der Waals surface area contributed by atoms with Crippen molar-refractivity contribution in [3.05, 3.63) is 71.8 Å². The third-order valence-electron chi connectivity index (χ3n) is 3.86. The minimum absolute atomic E-state index is 0.0574. The monoisotopic (exact) mass is 311 g/mol. The average molecular weight is 311 g/mol. The lowest BCUT2D eigenvalue weighted by Crippen LogP contribution is -2.47. The number of benzene rings is 2. The van der Waals surface area contributed by atoms with Crippen LogP contribution in [0.25, 0.3) is 0 Å². The van der Waals surface area contributed by atoms with Crippen molar-refractivity contribution in [2.24, 2.45) is 0 Å². The van der Waals surface area contributed by atoms with Crippen LogP contribution in [-0.4, -0.2) is 43.2 Å². The SMILES string of the molecule is O=C(c1ccccc1)N1CCOC(COCc2ccccc2)C1. The minimum Gasteiger partial charge on any atom is -0.374 e. The number of amides is 1. The molecule has 1 amide bonds. The van der Waals surface area contributed by atoms with Crippen LogP contribution < -0.4 is 0 Å². The molecule has 2 aromatic rings. The Morgan fingerprint density at radius 2 is 1.78 bits per heavy atom. The smallest absolute Gasteiger partial charge is 0.254 e. The zero-order valence-electron chi connectivity index (χ0n) is 13.1. The topological polar surface area (TPSA) is 38.8 Å². The van der Waals surface area contributed by atoms with E-state index < -0.39 is 0 Å². The second-order valence-corrected chi connectivity index (χ2v) is 5.61. The zero-order chi connectivity index (χ0) is 15.9. The number of morpholine rings is 1. The van der Waals surface area contributed by atoms with E-state index in [2.05, 4.69) is 0 Å². The van der Waals surface area contributed by atoms with Crippen LogP contribution in [0.4, 0.5) is 0 Å². The molecule has 1 fully saturated rings. The first-order chi connectivity index (χ1) is 11.3. The number of rotatable bonds is 5. The van der Waals surface area contributed by atoms with Gasteiger partial charge in [-0.25, -0.2) is 0 Å². The van der Waals surface area contributed by atoms with Gasteiger partial charge in [0.25, 0.3) is 5.91 Å². The van der Waals surface area contributed by atoms with Crippen molar-refractivity contribution in [3.8, 4) is 0 Å². The van der Waals surface area contributed by atoms with Crippen LogP contribution in [0.5, 0.6) is 0 Å². The summed E-state index contributed by atoms with van der Waals surface area (Å²) in [5, 5.41) is 0. The molecule has 0 N–H and O–H groups in total. The van der Waals surface area contributed by atoms with Crippen molar-refractivity contribution in [1.29, 1.82) is 0 Å². The molecule has 0 radical (unpaired) electrons. The van der Waals surface area contributed by atoms with E-state index in [0.29, 0.717) is 32.9 Å². The molecule has 0 aromatic heterocycles. The van der Waals surface area contributed by atoms with E-state index in [1.807, 2.05) is 65.6 Å². The Kier molecular flexibility index (Phi) is 5.40. The van der Waals surface area contributed by atoms with Gasteiger partial charge in [-0.1, -0.05) is 48.5 Å². The van der Waals surface area contributed by atoms with E-state index >= 15 is 0 Å². The summed E-state index contributed by atoms with van der Waals surface area (Å²) in [5.41, 5.74) is 1.86. The fourth-order valence-electron chi connectivity index (χ4n) is 2.65. The third-order valence-corrected chi connectivity index (χ3v) is 3.86. The second-order valence-electron chi connectivity index (χ2n) is 5.61. The summed E-state index contributed by atoms with van der Waals surface area (Å²) in [7, 11) is 0. The van der Waals surface area contributed by atoms with E-state index in [9.17, 15) is 4.79 Å². The lowest BCUT2D eigenvalue weighted by molar-refractivity contribution is -0.0647. The van der Waals surface area contributed by atoms with Crippen molar-refractivity contribution in [2.75, 3.05) is 26.3 Å². The molecule has 0 spiro atoms. The highest BCUT2D eigenvalue weighted by atomic mass is 16.5. The first kappa shape index (κ1) is 15.7. The maximum absolute atomic E-state index is 12.5. The van der Waals surface area contributed by atoms with Gasteiger partial charge in [-0.3, -0.25) is 4.79 Å². The molecule has 1 saturated heterocycles. The van der Waals surface area contributed by atoms with Gasteiger partial charge in [0, 0.05) is 18.7 Å². The molecule has 23 heavy (non-hydrogen) atoms. The summed E-state index contributed by atoms with van der Waals surface area (Å²) in [6.07, 6.45) is -0.0693. The fraction of sp³-hybridized carbons (Fsp3) is 0.316. The minimum atomic E-state index is -0.0693. The molecule has 1 heterocycles. The maximum Gasteiger partial charge on any atom is 0.254 e. The second kappa shape index (κ2) is 7.90. The summed E-state index contributed by atoms with van der Waals surface area (Å²) >= 11 is 0. The Morgan fingerprint density at radius 1 is 1.09 bits per heavy atom. The van der Waals surface area contributed by atoms with E-state index in [0.717, 1.165) is 11.1 Å². The summed E-state index contributed by atoms with van der Waals surface area (Å²) in [5.74, 6) is 0.0574. The van der Waals surface area contributed by atoms with Crippen LogP contribution in [0.3, 0.4) is 0 Å². The molecular formula is C19H21NO3. The Morgan fingerprint density at radius 3 is 2.52 bits per heavy atom. The summed E-state index contributed by atoms with van der Waals surface area (Å²) in [4.78, 5) is 14.3. The summed E-state index contributed by atoms with van der Waals surface area (Å²) in [6.45, 7) is 2.81. The molecule has 4 nitrogen and oxygen atoms in total. The van der Waals surface area contributed by atoms with Gasteiger partial charge < -0.3 is 14.4 Å². The lowest BCUT2D eigenvalue weighted by atomic mass is 10.2. The van der Waals surface area contributed by atoms with Gasteiger partial charge in [0.05, 0.1) is 25.9 Å². The highest BCUT2D eigenvalue weighted by Crippen LogP contribution is 2.11. The standard InChI is InChI=1S/C19H21NO3/c21-19(17-9-5-2-6-10-17)20-11-12-23-18(13-20)15-22-14-16-7-3-1-4-8-16/h1-10,18H,11-15H2. The lowest BCUT2D eigenvalue weighted by Gasteiger charge is -2.33. The first-order valence-corrected chi connectivity index (χ1v) is 7.90. The van der Waals surface area contributed by atoms with Crippen molar-refractivity contribution in [1.82, 2.24) is 4.90 Å². The number of hydrogen-bond acceptors (Lipinski definition) is 3. The largest absolute Gasteiger partial charge is 0.374 e. The van der Waals surface area contributed by atoms with Crippen LogP contribution in [0.2, 0.25) is 0 Å². The molecule has 120 valence electrons. The Hall–Kier alpha value is -2.17. The van der Waals surface area contributed by atoms with E-state index in [1.54, 1.807) is 0 Å². The molecule has 1 aliphatic rings. The van der Waals surface area contributed by atoms with E-state index in [-0.39, 0.29) is 12.0 Å². The molecule has 0 aliphatic carbocycles. The van der Waals surface area contributed by atoms with Crippen molar-refractivity contribution < 1.29 is 14.3 Å². The quantitative estimate of drug-likeness (QED) is 0.852. The number of hydrogen-bond donors (Lipinski definition) is 0. The highest BCUT2D eigenvalue weighted by molar-refractivity contribution is 5.94. The molecule has 1 atom stereocenters. The molecule has 1 aliphatic heterocycles. The third kappa shape index (κ3) is 4.41. The van der Waals surface area contributed by atoms with Gasteiger partial charge in [-0.05, 0) is 17.7 Å². The number of nitrogens with zero attached hydrogens (tertiary/aromatic N) is 1. The molecule has 0 saturated carbocycles. The van der Waals surface area contributed by atoms with Crippen LogP contribution in [0.15, 0.2) is 60.7 Å². The maximum atomic E-state index is 12.5. The van der Waals surface area contributed by atoms with Gasteiger partial charge in [0.15, 0.2) is 0 Å². The predicted octanol–water partition coefficient (Wildman–Crippen LogP) is 2.74. The van der Waals surface area contributed by atoms with Crippen LogP contribution >= 0.6 is 0 Å². The normalized spacial score (nSPS) is 17.9. The average Bonchev–Trinajstić information content (AvgIpc) is 2.63. The summed E-state index contributed by atoms with van der Waals surface area (Å²) in [6, 6.07) is 19.4. The molecule has 4 heteroatoms. The highest BCUT2D eigenvalue weighted by Gasteiger charge is 2.25. The Bertz CT molecular complexity index is 615. The predicted molar refractivity (Wildman–Crippen MR) is 88.2 cm³/mol. The molecule has 1 unspecified atom stereocenters. The number of carbonyl (C=O) groups excluding carboxylic acids is 1. The van der Waals surface area contributed by atoms with Crippen molar-refractivity contribution in [3.63, 3.8) is 0 Å². The van der Waals surface area contributed by atoms with Crippen molar-refractivity contribution in [2.45, 2.75) is 12.7 Å². The molecule has 2 aromatic carbocycles. The van der Waals surface area contributed by atoms with Crippen LogP contribution in [0.1, 0.15) is 15.9 Å². The Labute approximate surface area is 136 Å². The first-order valence-electron chi connectivity index (χ1n) is 7.90. The van der Waals surface area contributed by atoms with E-state index in [1.165, 1.54) is 0 Å². The van der Waals surface area contributed by atoms with Gasteiger partial charge in [-0.15, -0.1) is 0 Å². The summed E-state index contributed by atoms with van der Waals surface area (Å²) < 4.78 is 11.4. The van der Waals surface area contributed by atoms with Gasteiger partial charge in [-0.2, -0.15) is 0 Å². The van der Waals surface area contributed by atoms with Crippen molar-refractivity contribution >= 4 is 5.91 Å². The zero-order valence-corrected chi connectivity index (χ0v) is 13.1. The Balaban J connectivity index is 1.49. The van der Waals surface area contributed by atoms with Gasteiger partial charge >= 0.3 is 0 Å². The van der Waals surface area contributed by atoms with Gasteiger partial charge in [0.2, 0.25) is 0 Å². The molecule has 3 rings (SSSR count). The van der Waals surface area contributed by atoms with Crippen LogP contribution in [0, 0.1) is 0 Å². The molecular weight excluding hydrogens is 290 g/mol. The molecule has 0 bridgehead atoms. The number of carbonyl (C=O) groups is 1. The van der Waals surface area contributed by atoms with E-state index in [4.69, 9.17) is 9.47 Å². The van der Waals surface area contributed by atoms with Gasteiger partial charge in [0.1, 0.15) is 0 Å². The number of ether oxygens (including phenoxy) is 2. The fourth-order valence-corrected chi connectivity index (χ4v) is 2.65. The van der Waals surface area contributed by atoms with Crippen LogP contribution in [-0.2, 0) is 16.1 Å².